The molecule has 4 heterocycles. The van der Waals surface area contributed by atoms with Crippen molar-refractivity contribution in [3.05, 3.63) is 297 Å². The predicted molar refractivity (Wildman–Crippen MR) is 340 cm³/mol. The van der Waals surface area contributed by atoms with Crippen LogP contribution in [-0.2, 0) is 5.41 Å². The number of nitrogens with zero attached hydrogens (tertiary/aromatic N) is 4. The molecule has 0 unspecified atom stereocenters. The first-order valence-corrected chi connectivity index (χ1v) is 28.6. The minimum atomic E-state index is -6.23. The summed E-state index contributed by atoms with van der Waals surface area (Å²) in [4.78, 5) is 4.87. The van der Waals surface area contributed by atoms with Crippen LogP contribution >= 0.6 is 0 Å². The van der Waals surface area contributed by atoms with Crippen LogP contribution < -0.4 is 30.1 Å². The van der Waals surface area contributed by atoms with Gasteiger partial charge in [-0.05, 0) is 125 Å². The highest BCUT2D eigenvalue weighted by Crippen LogP contribution is 2.45. The first kappa shape index (κ1) is 32.8. The topological polar surface area (TPSA) is 35.9 Å². The molecule has 82 heavy (non-hydrogen) atoms. The van der Waals surface area contributed by atoms with Crippen molar-refractivity contribution in [3.8, 4) is 73.2 Å². The van der Waals surface area contributed by atoms with Gasteiger partial charge in [0.25, 0.3) is 6.33 Å². The lowest BCUT2D eigenvalue weighted by Gasteiger charge is -2.34. The molecule has 6 heteroatoms. The van der Waals surface area contributed by atoms with Gasteiger partial charge in [-0.2, -0.15) is 0 Å². The van der Waals surface area contributed by atoms with E-state index >= 15 is 0 Å². The number of para-hydroxylation sites is 3. The summed E-state index contributed by atoms with van der Waals surface area (Å²) in [6.07, 6.45) is 5.50. The van der Waals surface area contributed by atoms with Crippen LogP contribution in [0.3, 0.4) is 0 Å². The molecule has 0 atom stereocenters. The Balaban J connectivity index is 1.03. The Morgan fingerprint density at radius 2 is 1.02 bits per heavy atom. The Kier molecular flexibility index (Phi) is 7.84. The number of rotatable bonds is 9. The zero-order valence-corrected chi connectivity index (χ0v) is 45.4. The van der Waals surface area contributed by atoms with E-state index in [1.54, 1.807) is 16.7 Å². The third-order valence-corrected chi connectivity index (χ3v) is 19.4. The van der Waals surface area contributed by atoms with E-state index in [1.165, 1.54) is 0 Å². The standard InChI is InChI=1S/C76H56N4OSi/c1-76(2,3)53-45-46-77-73(48-53)80-70-41-18-17-37-66(70)67-44-43-56(50-72(67)80)81-55-25-20-24-54(49-55)78-51-79-74-61(38-21-39-68(74)64-35-15-13-33-62(64)63-34-14-16-36-65(63)69-40-22-42-71(78)75(69)79)52-23-19-32-60(47-52)82(57-26-7-4-8-27-57,58-28-9-5-10-29-58)59-30-11-6-12-31-59/h4-50H,1-3H3/i4D,5D,6D,7D,8D,9D,10D,11D,12D,19D,23D,26D,27D,28D,29D,30D,31D,32D,47D. The second kappa shape index (κ2) is 19.6. The van der Waals surface area contributed by atoms with Gasteiger partial charge in [0.15, 0.2) is 8.07 Å². The molecule has 1 aliphatic heterocycles. The van der Waals surface area contributed by atoms with Crippen LogP contribution in [0, 0.1) is 6.33 Å². The Hall–Kier alpha value is -10.1. The quantitative estimate of drug-likeness (QED) is 0.0625. The van der Waals surface area contributed by atoms with E-state index in [4.69, 9.17) is 13.8 Å². The van der Waals surface area contributed by atoms with Gasteiger partial charge in [0.05, 0.1) is 59.5 Å². The molecular formula is C76H56N4OSi. The van der Waals surface area contributed by atoms with Crippen molar-refractivity contribution in [2.24, 2.45) is 0 Å². The monoisotopic (exact) mass is 1090 g/mol. The molecule has 0 aliphatic carbocycles. The molecule has 15 rings (SSSR count). The van der Waals surface area contributed by atoms with Gasteiger partial charge in [0, 0.05) is 23.0 Å². The summed E-state index contributed by atoms with van der Waals surface area (Å²) in [5, 5.41) is -1.67. The lowest BCUT2D eigenvalue weighted by Crippen LogP contribution is -2.74. The van der Waals surface area contributed by atoms with Crippen LogP contribution in [0.2, 0.25) is 0 Å². The maximum atomic E-state index is 11.0. The van der Waals surface area contributed by atoms with E-state index in [1.807, 2.05) is 144 Å². The highest BCUT2D eigenvalue weighted by Gasteiger charge is 2.41. The molecule has 0 bridgehead atoms. The molecular weight excluding hydrogens is 1010 g/mol. The summed E-state index contributed by atoms with van der Waals surface area (Å²) >= 11 is 0. The Bertz CT molecular complexity index is 5710. The summed E-state index contributed by atoms with van der Waals surface area (Å²) in [5.74, 6) is 1.73. The van der Waals surface area contributed by atoms with E-state index in [-0.39, 0.29) is 16.7 Å². The van der Waals surface area contributed by atoms with Crippen molar-refractivity contribution in [1.82, 2.24) is 14.1 Å². The summed E-state index contributed by atoms with van der Waals surface area (Å²) < 4.78 is 194. The van der Waals surface area contributed by atoms with Gasteiger partial charge in [-0.25, -0.2) is 4.98 Å². The SMILES string of the molecule is [2H]c1c([2H])c([2H])c([Si](c2c([2H])c([2H])c([2H])c([2H])c2[2H])(c2c([2H])c([2H])c([2H])c([2H])c2[2H])c2c([2H])c([2H])c([2H])c(-c3cccc4c3-[n+]3[c-]n(-c5cccc(Oc6ccc7c8ccccc8n(-c8cc(C(C)(C)C)ccn8)c7c6)c5)c5cccc(c53)-c3ccccc3-c3ccccc3-4)c2[2H])c([2H])c1[2H]. The van der Waals surface area contributed by atoms with Crippen molar-refractivity contribution in [2.75, 3.05) is 0 Å². The van der Waals surface area contributed by atoms with Crippen molar-refractivity contribution in [1.29, 1.82) is 0 Å². The van der Waals surface area contributed by atoms with Gasteiger partial charge in [0.1, 0.15) is 17.3 Å². The number of benzene rings is 11. The molecule has 0 N–H and O–H groups in total. The average Bonchev–Trinajstić information content (AvgIpc) is 1.30. The molecule has 390 valence electrons. The molecule has 0 saturated carbocycles. The minimum absolute atomic E-state index is 0.000540. The number of ether oxygens (including phenoxy) is 1. The molecule has 0 fully saturated rings. The molecule has 0 spiro atoms. The van der Waals surface area contributed by atoms with Crippen LogP contribution in [0.4, 0.5) is 0 Å². The van der Waals surface area contributed by atoms with Gasteiger partial charge >= 0.3 is 0 Å². The molecule has 0 amide bonds. The van der Waals surface area contributed by atoms with Gasteiger partial charge in [-0.3, -0.25) is 13.7 Å². The minimum Gasteiger partial charge on any atom is -0.458 e. The second-order valence-electron chi connectivity index (χ2n) is 21.0. The smallest absolute Gasteiger partial charge is 0.269 e. The van der Waals surface area contributed by atoms with Gasteiger partial charge in [0.2, 0.25) is 0 Å². The summed E-state index contributed by atoms with van der Waals surface area (Å²) in [7, 11) is -6.23. The van der Waals surface area contributed by atoms with Crippen LogP contribution in [0.25, 0.3) is 94.5 Å². The second-order valence-corrected chi connectivity index (χ2v) is 24.5. The third kappa shape index (κ3) is 7.97. The van der Waals surface area contributed by atoms with E-state index in [9.17, 15) is 21.9 Å². The normalized spacial score (nSPS) is 15.3. The van der Waals surface area contributed by atoms with Gasteiger partial charge < -0.3 is 4.74 Å². The van der Waals surface area contributed by atoms with Crippen molar-refractivity contribution in [3.63, 3.8) is 0 Å². The Morgan fingerprint density at radius 3 is 1.72 bits per heavy atom. The number of pyridine rings is 1. The lowest BCUT2D eigenvalue weighted by atomic mass is 9.88. The van der Waals surface area contributed by atoms with Crippen LogP contribution in [-0.4, -0.2) is 22.2 Å². The third-order valence-electron chi connectivity index (χ3n) is 15.4. The zero-order chi connectivity index (χ0) is 71.5. The zero-order valence-electron chi connectivity index (χ0n) is 63.4. The molecule has 3 aromatic heterocycles. The number of fused-ring (bicyclic) bond motifs is 10. The largest absolute Gasteiger partial charge is 0.458 e. The van der Waals surface area contributed by atoms with E-state index in [2.05, 4.69) is 49.9 Å². The summed E-state index contributed by atoms with van der Waals surface area (Å²) in [5.41, 5.74) is 8.45. The summed E-state index contributed by atoms with van der Waals surface area (Å²) in [6, 6.07) is 32.4. The first-order chi connectivity index (χ1) is 48.2. The van der Waals surface area contributed by atoms with Crippen molar-refractivity contribution in [2.45, 2.75) is 26.2 Å². The Morgan fingerprint density at radius 1 is 0.476 bits per heavy atom. The molecule has 1 aliphatic rings. The molecule has 0 radical (unpaired) electrons. The van der Waals surface area contributed by atoms with E-state index in [0.29, 0.717) is 44.9 Å². The maximum Gasteiger partial charge on any atom is 0.269 e. The average molecular weight is 1090 g/mol. The van der Waals surface area contributed by atoms with Crippen LogP contribution in [0.15, 0.2) is 285 Å². The van der Waals surface area contributed by atoms with E-state index < -0.39 is 149 Å². The lowest BCUT2D eigenvalue weighted by molar-refractivity contribution is -0.570. The first-order valence-electron chi connectivity index (χ1n) is 36.1. The van der Waals surface area contributed by atoms with E-state index in [0.717, 1.165) is 49.9 Å². The number of imidazole rings is 1. The number of hydrogen-bond donors (Lipinski definition) is 0. The highest BCUT2D eigenvalue weighted by molar-refractivity contribution is 7.19. The molecule has 0 saturated heterocycles. The maximum absolute atomic E-state index is 11.0. The number of hydrogen-bond acceptors (Lipinski definition) is 2. The Labute approximate surface area is 505 Å². The summed E-state index contributed by atoms with van der Waals surface area (Å²) in [6.45, 7) is 6.48. The van der Waals surface area contributed by atoms with Crippen LogP contribution in [0.5, 0.6) is 11.5 Å². The highest BCUT2D eigenvalue weighted by atomic mass is 28.3. The van der Waals surface area contributed by atoms with Crippen molar-refractivity contribution >= 4 is 61.7 Å². The molecule has 14 aromatic rings. The molecule has 5 nitrogen and oxygen atoms in total. The fraction of sp³-hybridized carbons (Fsp3) is 0.0526. The molecule has 11 aromatic carbocycles. The van der Waals surface area contributed by atoms with Gasteiger partial charge in [-0.1, -0.05) is 245 Å². The van der Waals surface area contributed by atoms with Crippen LogP contribution in [0.1, 0.15) is 52.4 Å². The number of aromatic nitrogens is 4. The van der Waals surface area contributed by atoms with Gasteiger partial charge in [-0.15, -0.1) is 0 Å². The fourth-order valence-corrected chi connectivity index (χ4v) is 15.2. The van der Waals surface area contributed by atoms with Crippen molar-refractivity contribution < 1.29 is 35.3 Å². The predicted octanol–water partition coefficient (Wildman–Crippen LogP) is 15.6. The fourth-order valence-electron chi connectivity index (χ4n) is 11.7.